The summed E-state index contributed by atoms with van der Waals surface area (Å²) in [6, 6.07) is 3.27. The predicted molar refractivity (Wildman–Crippen MR) is 60.7 cm³/mol. The third kappa shape index (κ3) is 2.48. The van der Waals surface area contributed by atoms with Crippen molar-refractivity contribution in [2.24, 2.45) is 5.73 Å². The van der Waals surface area contributed by atoms with Gasteiger partial charge >= 0.3 is 0 Å². The molecule has 1 rings (SSSR count). The number of amides is 1. The number of hydrogen-bond acceptors (Lipinski definition) is 4. The van der Waals surface area contributed by atoms with Gasteiger partial charge in [-0.25, -0.2) is 0 Å². The molecule has 84 valence electrons. The van der Waals surface area contributed by atoms with Gasteiger partial charge in [0, 0.05) is 5.69 Å². The van der Waals surface area contributed by atoms with E-state index >= 15 is 0 Å². The van der Waals surface area contributed by atoms with E-state index < -0.39 is 11.9 Å². The van der Waals surface area contributed by atoms with E-state index in [1.54, 1.807) is 19.9 Å². The van der Waals surface area contributed by atoms with Gasteiger partial charge in [0.1, 0.15) is 12.1 Å². The molecule has 1 atom stereocenters. The summed E-state index contributed by atoms with van der Waals surface area (Å²) in [5, 5.41) is 11.9. The first kappa shape index (κ1) is 12.0. The van der Waals surface area contributed by atoms with E-state index in [1.165, 1.54) is 0 Å². The molecule has 0 aromatic carbocycles. The topological polar surface area (TPSA) is 91.8 Å². The summed E-state index contributed by atoms with van der Waals surface area (Å²) in [5.74, 6) is -0.462. The molecular formula is C11H14N4O. The number of nitrogens with one attached hydrogen (secondary N) is 1. The molecule has 5 heteroatoms. The van der Waals surface area contributed by atoms with Crippen molar-refractivity contribution in [3.05, 3.63) is 23.0 Å². The molecule has 0 bridgehead atoms. The molecule has 16 heavy (non-hydrogen) atoms. The first-order valence-electron chi connectivity index (χ1n) is 4.90. The molecule has 0 saturated heterocycles. The Labute approximate surface area is 94.3 Å². The third-order valence-electron chi connectivity index (χ3n) is 2.24. The number of anilines is 1. The van der Waals surface area contributed by atoms with Gasteiger partial charge in [0.25, 0.3) is 0 Å². The molecule has 0 aliphatic carbocycles. The number of carbonyl (C=O) groups is 1. The average molecular weight is 218 g/mol. The van der Waals surface area contributed by atoms with Crippen LogP contribution in [-0.2, 0) is 4.79 Å². The second-order valence-corrected chi connectivity index (χ2v) is 3.65. The Bertz CT molecular complexity index is 462. The van der Waals surface area contributed by atoms with Crippen molar-refractivity contribution in [3.63, 3.8) is 0 Å². The van der Waals surface area contributed by atoms with Gasteiger partial charge in [0.2, 0.25) is 5.91 Å². The van der Waals surface area contributed by atoms with Gasteiger partial charge in [-0.1, -0.05) is 0 Å². The van der Waals surface area contributed by atoms with Gasteiger partial charge in [-0.3, -0.25) is 9.78 Å². The number of nitriles is 1. The van der Waals surface area contributed by atoms with E-state index in [-0.39, 0.29) is 0 Å². The maximum absolute atomic E-state index is 10.9. The van der Waals surface area contributed by atoms with Crippen LogP contribution in [0.3, 0.4) is 0 Å². The number of aromatic nitrogens is 1. The second-order valence-electron chi connectivity index (χ2n) is 3.65. The van der Waals surface area contributed by atoms with Gasteiger partial charge in [-0.2, -0.15) is 5.26 Å². The smallest absolute Gasteiger partial charge is 0.239 e. The normalized spacial score (nSPS) is 11.6. The maximum Gasteiger partial charge on any atom is 0.239 e. The SMILES string of the molecule is Cc1cc(NC(C)C(N)=O)c(C#N)c(C)n1. The first-order chi connectivity index (χ1) is 7.45. The van der Waals surface area contributed by atoms with Gasteiger partial charge < -0.3 is 11.1 Å². The molecule has 3 N–H and O–H groups in total. The number of pyridine rings is 1. The Kier molecular flexibility index (Phi) is 3.46. The van der Waals surface area contributed by atoms with Crippen LogP contribution in [0, 0.1) is 25.2 Å². The molecule has 0 aliphatic heterocycles. The van der Waals surface area contributed by atoms with Crippen LogP contribution < -0.4 is 11.1 Å². The van der Waals surface area contributed by atoms with Crippen molar-refractivity contribution in [2.45, 2.75) is 26.8 Å². The fourth-order valence-corrected chi connectivity index (χ4v) is 1.39. The van der Waals surface area contributed by atoms with Crippen molar-refractivity contribution in [1.82, 2.24) is 4.98 Å². The van der Waals surface area contributed by atoms with Gasteiger partial charge in [0.15, 0.2) is 0 Å². The van der Waals surface area contributed by atoms with Gasteiger partial charge in [0.05, 0.1) is 16.9 Å². The van der Waals surface area contributed by atoms with Crippen LogP contribution in [0.1, 0.15) is 23.9 Å². The molecule has 0 saturated carbocycles. The number of aryl methyl sites for hydroxylation is 2. The van der Waals surface area contributed by atoms with Crippen LogP contribution in [0.25, 0.3) is 0 Å². The van der Waals surface area contributed by atoms with Crippen LogP contribution in [0.4, 0.5) is 5.69 Å². The van der Waals surface area contributed by atoms with Crippen LogP contribution >= 0.6 is 0 Å². The highest BCUT2D eigenvalue weighted by atomic mass is 16.1. The van der Waals surface area contributed by atoms with Crippen LogP contribution in [0.15, 0.2) is 6.07 Å². The quantitative estimate of drug-likeness (QED) is 0.786. The van der Waals surface area contributed by atoms with Crippen molar-refractivity contribution >= 4 is 11.6 Å². The fourth-order valence-electron chi connectivity index (χ4n) is 1.39. The van der Waals surface area contributed by atoms with Gasteiger partial charge in [-0.15, -0.1) is 0 Å². The molecule has 0 spiro atoms. The van der Waals surface area contributed by atoms with Crippen molar-refractivity contribution in [1.29, 1.82) is 5.26 Å². The number of nitrogens with zero attached hydrogens (tertiary/aromatic N) is 2. The standard InChI is InChI=1S/C11H14N4O/c1-6-4-10(15-8(3)11(13)16)9(5-12)7(2)14-6/h4,8H,1-3H3,(H2,13,16)(H,14,15). The van der Waals surface area contributed by atoms with Gasteiger partial charge in [-0.05, 0) is 26.8 Å². The molecule has 1 aromatic rings. The van der Waals surface area contributed by atoms with E-state index in [9.17, 15) is 4.79 Å². The molecule has 5 nitrogen and oxygen atoms in total. The molecule has 1 aromatic heterocycles. The largest absolute Gasteiger partial charge is 0.373 e. The average Bonchev–Trinajstić information content (AvgIpc) is 2.16. The molecule has 0 aliphatic rings. The first-order valence-corrected chi connectivity index (χ1v) is 4.90. The Morgan fingerprint density at radius 2 is 2.25 bits per heavy atom. The van der Waals surface area contributed by atoms with E-state index in [0.717, 1.165) is 5.69 Å². The minimum Gasteiger partial charge on any atom is -0.373 e. The predicted octanol–water partition coefficient (Wildman–Crippen LogP) is 0.856. The fraction of sp³-hybridized carbons (Fsp3) is 0.364. The zero-order valence-corrected chi connectivity index (χ0v) is 9.53. The monoisotopic (exact) mass is 218 g/mol. The number of primary amides is 1. The Hall–Kier alpha value is -2.09. The summed E-state index contributed by atoms with van der Waals surface area (Å²) in [6.07, 6.45) is 0. The zero-order chi connectivity index (χ0) is 12.3. The van der Waals surface area contributed by atoms with Crippen molar-refractivity contribution in [2.75, 3.05) is 5.32 Å². The van der Waals surface area contributed by atoms with Crippen molar-refractivity contribution < 1.29 is 4.79 Å². The summed E-state index contributed by atoms with van der Waals surface area (Å²) >= 11 is 0. The Balaban J connectivity index is 3.13. The summed E-state index contributed by atoms with van der Waals surface area (Å²) in [5.41, 5.74) is 7.62. The minimum absolute atomic E-state index is 0.443. The Morgan fingerprint density at radius 1 is 1.62 bits per heavy atom. The summed E-state index contributed by atoms with van der Waals surface area (Å²) in [6.45, 7) is 5.23. The summed E-state index contributed by atoms with van der Waals surface area (Å²) < 4.78 is 0. The highest BCUT2D eigenvalue weighted by Crippen LogP contribution is 2.19. The molecule has 0 fully saturated rings. The maximum atomic E-state index is 10.9. The van der Waals surface area contributed by atoms with Crippen LogP contribution in [0.5, 0.6) is 0 Å². The number of nitrogens with two attached hydrogens (primary N) is 1. The lowest BCUT2D eigenvalue weighted by Gasteiger charge is -2.14. The van der Waals surface area contributed by atoms with E-state index in [2.05, 4.69) is 16.4 Å². The molecule has 0 radical (unpaired) electrons. The lowest BCUT2D eigenvalue weighted by atomic mass is 10.1. The van der Waals surface area contributed by atoms with Crippen molar-refractivity contribution in [3.8, 4) is 6.07 Å². The minimum atomic E-state index is -0.520. The van der Waals surface area contributed by atoms with E-state index in [0.29, 0.717) is 16.9 Å². The van der Waals surface area contributed by atoms with E-state index in [1.807, 2.05) is 6.92 Å². The lowest BCUT2D eigenvalue weighted by Crippen LogP contribution is -2.32. The number of hydrogen-bond donors (Lipinski definition) is 2. The summed E-state index contributed by atoms with van der Waals surface area (Å²) in [7, 11) is 0. The third-order valence-corrected chi connectivity index (χ3v) is 2.24. The van der Waals surface area contributed by atoms with Crippen LogP contribution in [-0.4, -0.2) is 16.9 Å². The van der Waals surface area contributed by atoms with Crippen LogP contribution in [0.2, 0.25) is 0 Å². The highest BCUT2D eigenvalue weighted by molar-refractivity contribution is 5.83. The number of rotatable bonds is 3. The highest BCUT2D eigenvalue weighted by Gasteiger charge is 2.13. The molecule has 1 unspecified atom stereocenters. The summed E-state index contributed by atoms with van der Waals surface area (Å²) in [4.78, 5) is 15.1. The molecule has 1 heterocycles. The second kappa shape index (κ2) is 4.62. The molecule has 1 amide bonds. The van der Waals surface area contributed by atoms with E-state index in [4.69, 9.17) is 11.0 Å². The lowest BCUT2D eigenvalue weighted by molar-refractivity contribution is -0.118. The number of carbonyl (C=O) groups excluding carboxylic acids is 1. The zero-order valence-electron chi connectivity index (χ0n) is 9.53. The Morgan fingerprint density at radius 3 is 2.75 bits per heavy atom. The molecular weight excluding hydrogens is 204 g/mol.